The number of hydrogen-bond acceptors (Lipinski definition) is 3. The van der Waals surface area contributed by atoms with E-state index in [4.69, 9.17) is 9.47 Å². The fraction of sp³-hybridized carbons (Fsp3) is 1.00. The Hall–Kier alpha value is -0.120. The lowest BCUT2D eigenvalue weighted by atomic mass is 9.94. The number of piperidine rings is 1. The van der Waals surface area contributed by atoms with E-state index >= 15 is 0 Å². The first-order valence-corrected chi connectivity index (χ1v) is 4.89. The highest BCUT2D eigenvalue weighted by Gasteiger charge is 2.22. The molecule has 0 saturated carbocycles. The van der Waals surface area contributed by atoms with Gasteiger partial charge in [0.25, 0.3) is 0 Å². The Kier molecular flexibility index (Phi) is 2.98. The molecule has 2 fully saturated rings. The molecule has 2 aliphatic rings. The zero-order valence-corrected chi connectivity index (χ0v) is 7.42. The number of ether oxygens (including phenoxy) is 2. The quantitative estimate of drug-likeness (QED) is 0.665. The minimum atomic E-state index is 0.105. The van der Waals surface area contributed by atoms with Crippen LogP contribution in [0.1, 0.15) is 19.3 Å². The molecule has 0 amide bonds. The molecule has 2 rings (SSSR count). The van der Waals surface area contributed by atoms with Gasteiger partial charge in [-0.05, 0) is 31.8 Å². The van der Waals surface area contributed by atoms with Crippen molar-refractivity contribution in [2.75, 3.05) is 26.3 Å². The van der Waals surface area contributed by atoms with Gasteiger partial charge in [-0.2, -0.15) is 0 Å². The second kappa shape index (κ2) is 4.21. The van der Waals surface area contributed by atoms with E-state index in [1.54, 1.807) is 0 Å². The smallest absolute Gasteiger partial charge is 0.158 e. The van der Waals surface area contributed by atoms with Crippen molar-refractivity contribution in [2.24, 2.45) is 5.92 Å². The van der Waals surface area contributed by atoms with Gasteiger partial charge in [-0.1, -0.05) is 0 Å². The van der Waals surface area contributed by atoms with Crippen molar-refractivity contribution >= 4 is 0 Å². The lowest BCUT2D eigenvalue weighted by Gasteiger charge is -2.24. The van der Waals surface area contributed by atoms with Crippen LogP contribution in [0.4, 0.5) is 0 Å². The number of nitrogens with one attached hydrogen (secondary N) is 1. The minimum Gasteiger partial charge on any atom is -0.350 e. The summed E-state index contributed by atoms with van der Waals surface area (Å²) in [6, 6.07) is 0. The van der Waals surface area contributed by atoms with E-state index in [1.807, 2.05) is 0 Å². The molecule has 2 heterocycles. The van der Waals surface area contributed by atoms with E-state index in [1.165, 1.54) is 12.8 Å². The molecule has 0 atom stereocenters. The van der Waals surface area contributed by atoms with Gasteiger partial charge in [0.15, 0.2) is 6.29 Å². The van der Waals surface area contributed by atoms with Gasteiger partial charge in [0.05, 0.1) is 13.2 Å². The van der Waals surface area contributed by atoms with Crippen LogP contribution in [0.5, 0.6) is 0 Å². The van der Waals surface area contributed by atoms with Crippen LogP contribution in [0.3, 0.4) is 0 Å². The van der Waals surface area contributed by atoms with Crippen molar-refractivity contribution < 1.29 is 9.47 Å². The molecule has 0 aromatic rings. The second-order valence-corrected chi connectivity index (χ2v) is 3.60. The molecule has 0 bridgehead atoms. The van der Waals surface area contributed by atoms with Gasteiger partial charge in [0, 0.05) is 6.42 Å². The van der Waals surface area contributed by atoms with Crippen LogP contribution in [-0.2, 0) is 9.47 Å². The largest absolute Gasteiger partial charge is 0.350 e. The Morgan fingerprint density at radius 1 is 1.08 bits per heavy atom. The van der Waals surface area contributed by atoms with Crippen LogP contribution in [0, 0.1) is 5.92 Å². The molecule has 0 spiro atoms. The van der Waals surface area contributed by atoms with E-state index in [0.717, 1.165) is 38.6 Å². The summed E-state index contributed by atoms with van der Waals surface area (Å²) in [5.41, 5.74) is 0. The van der Waals surface area contributed by atoms with Gasteiger partial charge in [0.2, 0.25) is 0 Å². The molecule has 70 valence electrons. The topological polar surface area (TPSA) is 30.5 Å². The molecular weight excluding hydrogens is 154 g/mol. The van der Waals surface area contributed by atoms with Crippen LogP contribution in [-0.4, -0.2) is 32.6 Å². The maximum atomic E-state index is 5.41. The van der Waals surface area contributed by atoms with Crippen molar-refractivity contribution in [1.82, 2.24) is 5.32 Å². The van der Waals surface area contributed by atoms with Crippen molar-refractivity contribution in [2.45, 2.75) is 25.6 Å². The highest BCUT2D eigenvalue weighted by atomic mass is 16.7. The van der Waals surface area contributed by atoms with Gasteiger partial charge in [-0.3, -0.25) is 0 Å². The Bertz CT molecular complexity index is 128. The summed E-state index contributed by atoms with van der Waals surface area (Å²) >= 11 is 0. The fourth-order valence-corrected chi connectivity index (χ4v) is 1.93. The molecular formula is C9H17NO2. The third-order valence-electron chi connectivity index (χ3n) is 2.68. The third-order valence-corrected chi connectivity index (χ3v) is 2.68. The molecule has 2 saturated heterocycles. The normalized spacial score (nSPS) is 28.0. The van der Waals surface area contributed by atoms with E-state index in [9.17, 15) is 0 Å². The maximum absolute atomic E-state index is 5.41. The van der Waals surface area contributed by atoms with Crippen molar-refractivity contribution in [3.05, 3.63) is 0 Å². The number of hydrogen-bond donors (Lipinski definition) is 1. The summed E-state index contributed by atoms with van der Waals surface area (Å²) < 4.78 is 10.8. The first-order chi connectivity index (χ1) is 5.95. The first kappa shape index (κ1) is 8.48. The van der Waals surface area contributed by atoms with Crippen molar-refractivity contribution in [1.29, 1.82) is 0 Å². The molecule has 2 aliphatic heterocycles. The fourth-order valence-electron chi connectivity index (χ4n) is 1.93. The van der Waals surface area contributed by atoms with E-state index in [0.29, 0.717) is 0 Å². The van der Waals surface area contributed by atoms with Crippen LogP contribution < -0.4 is 5.32 Å². The van der Waals surface area contributed by atoms with Gasteiger partial charge in [-0.25, -0.2) is 0 Å². The summed E-state index contributed by atoms with van der Waals surface area (Å²) in [6.45, 7) is 3.90. The van der Waals surface area contributed by atoms with Crippen LogP contribution in [0.2, 0.25) is 0 Å². The Balaban J connectivity index is 1.69. The highest BCUT2D eigenvalue weighted by molar-refractivity contribution is 4.70. The summed E-state index contributed by atoms with van der Waals surface area (Å²) in [5, 5.41) is 3.36. The molecule has 1 N–H and O–H groups in total. The Morgan fingerprint density at radius 2 is 1.75 bits per heavy atom. The predicted molar refractivity (Wildman–Crippen MR) is 45.9 cm³/mol. The molecule has 3 heteroatoms. The monoisotopic (exact) mass is 171 g/mol. The van der Waals surface area contributed by atoms with Gasteiger partial charge in [-0.15, -0.1) is 0 Å². The average molecular weight is 171 g/mol. The van der Waals surface area contributed by atoms with E-state index in [-0.39, 0.29) is 6.29 Å². The minimum absolute atomic E-state index is 0.105. The second-order valence-electron chi connectivity index (χ2n) is 3.60. The van der Waals surface area contributed by atoms with Gasteiger partial charge >= 0.3 is 0 Å². The van der Waals surface area contributed by atoms with Crippen LogP contribution in [0.25, 0.3) is 0 Å². The molecule has 0 radical (unpaired) electrons. The van der Waals surface area contributed by atoms with Crippen LogP contribution >= 0.6 is 0 Å². The Labute approximate surface area is 73.4 Å². The summed E-state index contributed by atoms with van der Waals surface area (Å²) in [7, 11) is 0. The van der Waals surface area contributed by atoms with Crippen LogP contribution in [0.15, 0.2) is 0 Å². The third kappa shape index (κ3) is 2.19. The van der Waals surface area contributed by atoms with Gasteiger partial charge in [0.1, 0.15) is 0 Å². The van der Waals surface area contributed by atoms with Crippen molar-refractivity contribution in [3.8, 4) is 0 Å². The molecule has 0 aromatic heterocycles. The molecule has 12 heavy (non-hydrogen) atoms. The molecule has 3 nitrogen and oxygen atoms in total. The lowest BCUT2D eigenvalue weighted by molar-refractivity contribution is -0.0590. The summed E-state index contributed by atoms with van der Waals surface area (Å²) in [4.78, 5) is 0. The lowest BCUT2D eigenvalue weighted by Crippen LogP contribution is -2.29. The van der Waals surface area contributed by atoms with E-state index < -0.39 is 0 Å². The first-order valence-electron chi connectivity index (χ1n) is 4.89. The maximum Gasteiger partial charge on any atom is 0.158 e. The zero-order chi connectivity index (χ0) is 8.23. The van der Waals surface area contributed by atoms with Gasteiger partial charge < -0.3 is 14.8 Å². The Morgan fingerprint density at radius 3 is 2.42 bits per heavy atom. The van der Waals surface area contributed by atoms with E-state index in [2.05, 4.69) is 5.32 Å². The summed E-state index contributed by atoms with van der Waals surface area (Å²) in [5.74, 6) is 0.814. The molecule has 0 aromatic carbocycles. The zero-order valence-electron chi connectivity index (χ0n) is 7.42. The molecule has 0 aliphatic carbocycles. The standard InChI is InChI=1S/C9H17NO2/c1-3-10-4-2-8(1)7-9-11-5-6-12-9/h8-10H,1-7H2. The SMILES string of the molecule is C1CC(CC2OCCO2)CCN1. The average Bonchev–Trinajstić information content (AvgIpc) is 2.59. The summed E-state index contributed by atoms with van der Waals surface area (Å²) in [6.07, 6.45) is 3.77. The van der Waals surface area contributed by atoms with Crippen molar-refractivity contribution in [3.63, 3.8) is 0 Å². The molecule has 0 unspecified atom stereocenters. The number of rotatable bonds is 2. The predicted octanol–water partition coefficient (Wildman–Crippen LogP) is 0.749. The highest BCUT2D eigenvalue weighted by Crippen LogP contribution is 2.21.